The molecule has 0 aliphatic rings. The summed E-state index contributed by atoms with van der Waals surface area (Å²) in [6, 6.07) is 31.2. The van der Waals surface area contributed by atoms with Crippen molar-refractivity contribution < 1.29 is 4.39 Å². The van der Waals surface area contributed by atoms with Gasteiger partial charge in [0.2, 0.25) is 0 Å². The van der Waals surface area contributed by atoms with Crippen LogP contribution >= 0.6 is 20.8 Å². The second-order valence-corrected chi connectivity index (χ2v) is 16.6. The van der Waals surface area contributed by atoms with E-state index in [9.17, 15) is 0 Å². The Kier molecular flexibility index (Phi) is 7.09. The average molecular weight is 471 g/mol. The first-order valence-electron chi connectivity index (χ1n) is 10.2. The van der Waals surface area contributed by atoms with Gasteiger partial charge in [-0.2, -0.15) is 0 Å². The molecule has 0 heterocycles. The van der Waals surface area contributed by atoms with E-state index in [2.05, 4.69) is 95.2 Å². The second-order valence-electron chi connectivity index (χ2n) is 7.64. The Labute approximate surface area is 182 Å². The van der Waals surface area contributed by atoms with Crippen molar-refractivity contribution in [2.24, 2.45) is 0 Å². The summed E-state index contributed by atoms with van der Waals surface area (Å²) >= 11 is 4.31. The van der Waals surface area contributed by atoms with Gasteiger partial charge in [-0.3, -0.25) is 0 Å². The monoisotopic (exact) mass is 470 g/mol. The molecule has 0 amide bonds. The standard InChI is InChI=1S/C26H29BrFP/c1-3-4-14-22(2)26(28)21-29(27,23-15-8-5-9-16-23,24-17-10-6-11-18-24)25-19-12-7-13-20-25/h5-13,15-20H,3-4,14,21H2,1-2H3/b26-22+. The summed E-state index contributed by atoms with van der Waals surface area (Å²) in [5.74, 6) is 0.00421. The molecule has 3 aromatic rings. The minimum atomic E-state index is -3.23. The summed E-state index contributed by atoms with van der Waals surface area (Å²) in [6.45, 7) is 4.09. The Balaban J connectivity index is 2.33. The maximum atomic E-state index is 15.8. The molecule has 3 rings (SSSR count). The third-order valence-corrected chi connectivity index (χ3v) is 15.1. The minimum absolute atomic E-state index is 0.00421. The van der Waals surface area contributed by atoms with Crippen molar-refractivity contribution in [3.63, 3.8) is 0 Å². The topological polar surface area (TPSA) is 0 Å². The summed E-state index contributed by atoms with van der Waals surface area (Å²) in [6.07, 6.45) is 3.23. The Hall–Kier alpha value is -1.76. The number of halogens is 2. The first kappa shape index (κ1) is 21.9. The van der Waals surface area contributed by atoms with E-state index >= 15 is 4.39 Å². The van der Waals surface area contributed by atoms with Gasteiger partial charge in [0, 0.05) is 0 Å². The van der Waals surface area contributed by atoms with Crippen LogP contribution in [0.5, 0.6) is 0 Å². The van der Waals surface area contributed by atoms with Crippen molar-refractivity contribution in [3.8, 4) is 0 Å². The van der Waals surface area contributed by atoms with E-state index in [0.29, 0.717) is 6.16 Å². The number of allylic oxidation sites excluding steroid dienone is 2. The van der Waals surface area contributed by atoms with Gasteiger partial charge >= 0.3 is 183 Å². The molecule has 29 heavy (non-hydrogen) atoms. The van der Waals surface area contributed by atoms with Crippen molar-refractivity contribution >= 4 is 36.7 Å². The van der Waals surface area contributed by atoms with E-state index in [0.717, 1.165) is 40.7 Å². The molecule has 0 fully saturated rings. The molecule has 0 bridgehead atoms. The summed E-state index contributed by atoms with van der Waals surface area (Å²) in [5, 5.41) is 0.217. The van der Waals surface area contributed by atoms with Crippen LogP contribution in [0.15, 0.2) is 102 Å². The zero-order valence-electron chi connectivity index (χ0n) is 17.2. The molecule has 0 spiro atoms. The fourth-order valence-corrected chi connectivity index (χ4v) is 11.3. The SMILES string of the molecule is CCCC/C(C)=C(/F)CP(Br)(c1ccccc1)(c1ccccc1)c1ccccc1. The van der Waals surface area contributed by atoms with E-state index in [1.807, 2.05) is 25.1 Å². The molecule has 152 valence electrons. The third-order valence-electron chi connectivity index (χ3n) is 5.69. The fraction of sp³-hybridized carbons (Fsp3) is 0.231. The molecule has 3 aromatic carbocycles. The third kappa shape index (κ3) is 4.25. The van der Waals surface area contributed by atoms with Crippen molar-refractivity contribution in [2.75, 3.05) is 6.16 Å². The molecule has 0 atom stereocenters. The predicted molar refractivity (Wildman–Crippen MR) is 132 cm³/mol. The molecular formula is C26H29BrFP. The molecule has 0 saturated carbocycles. The van der Waals surface area contributed by atoms with E-state index < -0.39 is 5.31 Å². The molecule has 0 aliphatic carbocycles. The van der Waals surface area contributed by atoms with Crippen LogP contribution in [0.2, 0.25) is 0 Å². The van der Waals surface area contributed by atoms with Crippen LogP contribution in [0.3, 0.4) is 0 Å². The van der Waals surface area contributed by atoms with Gasteiger partial charge in [-0.25, -0.2) is 0 Å². The Morgan fingerprint density at radius 3 is 1.48 bits per heavy atom. The predicted octanol–water partition coefficient (Wildman–Crippen LogP) is 7.26. The number of hydrogen-bond acceptors (Lipinski definition) is 0. The molecule has 0 aliphatic heterocycles. The van der Waals surface area contributed by atoms with Gasteiger partial charge in [0.1, 0.15) is 0 Å². The number of hydrogen-bond donors (Lipinski definition) is 0. The van der Waals surface area contributed by atoms with Gasteiger partial charge in [0.05, 0.1) is 0 Å². The van der Waals surface area contributed by atoms with Crippen molar-refractivity contribution in [1.29, 1.82) is 0 Å². The quantitative estimate of drug-likeness (QED) is 0.304. The van der Waals surface area contributed by atoms with Gasteiger partial charge in [0.15, 0.2) is 0 Å². The Morgan fingerprint density at radius 1 is 0.759 bits per heavy atom. The zero-order chi connectivity index (χ0) is 20.8. The summed E-state index contributed by atoms with van der Waals surface area (Å²) < 4.78 is 15.8. The number of unbranched alkanes of at least 4 members (excludes halogenated alkanes) is 1. The van der Waals surface area contributed by atoms with E-state index in [1.54, 1.807) is 0 Å². The van der Waals surface area contributed by atoms with E-state index in [4.69, 9.17) is 0 Å². The van der Waals surface area contributed by atoms with Crippen LogP contribution in [0.4, 0.5) is 4.39 Å². The van der Waals surface area contributed by atoms with Crippen LogP contribution in [0.25, 0.3) is 0 Å². The van der Waals surface area contributed by atoms with Gasteiger partial charge in [0.25, 0.3) is 0 Å². The van der Waals surface area contributed by atoms with Gasteiger partial charge in [-0.05, 0) is 0 Å². The molecule has 0 radical (unpaired) electrons. The maximum absolute atomic E-state index is 15.8. The summed E-state index contributed by atoms with van der Waals surface area (Å²) in [4.78, 5) is 0. The van der Waals surface area contributed by atoms with Gasteiger partial charge in [-0.1, -0.05) is 0 Å². The molecule has 0 unspecified atom stereocenters. The molecular weight excluding hydrogens is 442 g/mol. The van der Waals surface area contributed by atoms with Crippen LogP contribution in [-0.2, 0) is 0 Å². The first-order valence-corrected chi connectivity index (χ1v) is 14.7. The second kappa shape index (κ2) is 9.37. The summed E-state index contributed by atoms with van der Waals surface area (Å²) in [5.41, 5.74) is 0.864. The molecule has 0 nitrogen and oxygen atoms in total. The van der Waals surface area contributed by atoms with E-state index in [-0.39, 0.29) is 5.83 Å². The van der Waals surface area contributed by atoms with Gasteiger partial charge < -0.3 is 0 Å². The first-order chi connectivity index (χ1) is 14.0. The Bertz CT molecular complexity index is 852. The Morgan fingerprint density at radius 2 is 1.14 bits per heavy atom. The molecule has 0 aromatic heterocycles. The van der Waals surface area contributed by atoms with Crippen LogP contribution in [0.1, 0.15) is 33.1 Å². The average Bonchev–Trinajstić information content (AvgIpc) is 2.79. The van der Waals surface area contributed by atoms with Crippen LogP contribution in [0, 0.1) is 0 Å². The van der Waals surface area contributed by atoms with Crippen molar-refractivity contribution in [3.05, 3.63) is 102 Å². The van der Waals surface area contributed by atoms with Crippen molar-refractivity contribution in [2.45, 2.75) is 33.1 Å². The van der Waals surface area contributed by atoms with E-state index in [1.165, 1.54) is 0 Å². The molecule has 3 heteroatoms. The van der Waals surface area contributed by atoms with Gasteiger partial charge in [-0.15, -0.1) is 0 Å². The molecule has 0 N–H and O–H groups in total. The van der Waals surface area contributed by atoms with Crippen LogP contribution in [-0.4, -0.2) is 6.16 Å². The molecule has 0 saturated heterocycles. The zero-order valence-corrected chi connectivity index (χ0v) is 19.7. The number of benzene rings is 3. The van der Waals surface area contributed by atoms with Crippen LogP contribution < -0.4 is 15.9 Å². The fourth-order valence-electron chi connectivity index (χ4n) is 3.91. The summed E-state index contributed by atoms with van der Waals surface area (Å²) in [7, 11) is 0. The van der Waals surface area contributed by atoms with Crippen molar-refractivity contribution in [1.82, 2.24) is 0 Å². The normalized spacial score (nSPS) is 14.0. The number of rotatable bonds is 8.